The van der Waals surface area contributed by atoms with Gasteiger partial charge >= 0.3 is 5.97 Å². The van der Waals surface area contributed by atoms with Crippen LogP contribution in [-0.2, 0) is 33.9 Å². The van der Waals surface area contributed by atoms with Crippen molar-refractivity contribution in [2.45, 2.75) is 26.6 Å². The van der Waals surface area contributed by atoms with Gasteiger partial charge in [0.25, 0.3) is 0 Å². The Morgan fingerprint density at radius 2 is 1.76 bits per heavy atom. The highest BCUT2D eigenvalue weighted by Gasteiger charge is 2.21. The number of para-hydroxylation sites is 1. The van der Waals surface area contributed by atoms with Gasteiger partial charge in [0, 0.05) is 10.9 Å². The fraction of sp³-hybridized carbons (Fsp3) is 0.286. The lowest BCUT2D eigenvalue weighted by Crippen LogP contribution is -2.15. The third-order valence-corrected chi connectivity index (χ3v) is 4.24. The second-order valence-electron chi connectivity index (χ2n) is 6.11. The number of hydrogen-bond donors (Lipinski definition) is 0. The van der Waals surface area contributed by atoms with Crippen LogP contribution >= 0.6 is 0 Å². The number of hydrogen-bond acceptors (Lipinski definition) is 4. The second-order valence-corrected chi connectivity index (χ2v) is 6.11. The zero-order valence-electron chi connectivity index (χ0n) is 14.5. The molecule has 3 rings (SSSR count). The Morgan fingerprint density at radius 3 is 2.52 bits per heavy atom. The summed E-state index contributed by atoms with van der Waals surface area (Å²) in [6.45, 7) is 2.75. The number of methoxy groups -OCH3 is 1. The van der Waals surface area contributed by atoms with Gasteiger partial charge in [0.1, 0.15) is 18.0 Å². The lowest BCUT2D eigenvalue weighted by Gasteiger charge is -2.10. The second kappa shape index (κ2) is 7.99. The number of fused-ring (bicyclic) bond motifs is 1. The third kappa shape index (κ3) is 4.09. The molecule has 1 unspecified atom stereocenters. The first-order chi connectivity index (χ1) is 12.2. The number of carbonyl (C=O) groups excluding carboxylic acids is 1. The van der Waals surface area contributed by atoms with Crippen LogP contribution in [0.4, 0.5) is 0 Å². The van der Waals surface area contributed by atoms with Crippen LogP contribution in [0.3, 0.4) is 0 Å². The predicted molar refractivity (Wildman–Crippen MR) is 96.0 cm³/mol. The van der Waals surface area contributed by atoms with E-state index in [9.17, 15) is 4.79 Å². The Balaban J connectivity index is 1.78. The average molecular weight is 338 g/mol. The van der Waals surface area contributed by atoms with Crippen LogP contribution < -0.4 is 0 Å². The van der Waals surface area contributed by atoms with E-state index in [-0.39, 0.29) is 11.9 Å². The Labute approximate surface area is 147 Å². The van der Waals surface area contributed by atoms with Gasteiger partial charge in [0.05, 0.1) is 19.6 Å². The smallest absolute Gasteiger partial charge is 0.308 e. The summed E-state index contributed by atoms with van der Waals surface area (Å²) in [4.78, 5) is 11.8. The summed E-state index contributed by atoms with van der Waals surface area (Å²) in [5, 5.41) is 1.02. The molecule has 1 heterocycles. The van der Waals surface area contributed by atoms with Crippen LogP contribution in [0.5, 0.6) is 0 Å². The molecule has 2 aromatic carbocycles. The molecule has 0 aliphatic carbocycles. The van der Waals surface area contributed by atoms with Gasteiger partial charge < -0.3 is 13.9 Å². The van der Waals surface area contributed by atoms with Crippen molar-refractivity contribution < 1.29 is 18.7 Å². The van der Waals surface area contributed by atoms with Crippen LogP contribution in [0.2, 0.25) is 0 Å². The van der Waals surface area contributed by atoms with Crippen LogP contribution in [-0.4, -0.2) is 13.1 Å². The van der Waals surface area contributed by atoms with Crippen molar-refractivity contribution in [3.05, 3.63) is 71.5 Å². The highest BCUT2D eigenvalue weighted by Crippen LogP contribution is 2.29. The lowest BCUT2D eigenvalue weighted by molar-refractivity contribution is -0.144. The first-order valence-electron chi connectivity index (χ1n) is 8.38. The van der Waals surface area contributed by atoms with Crippen LogP contribution in [0, 0.1) is 5.92 Å². The van der Waals surface area contributed by atoms with E-state index in [1.165, 1.54) is 7.11 Å². The molecule has 0 N–H and O–H groups in total. The van der Waals surface area contributed by atoms with Crippen molar-refractivity contribution >= 4 is 16.9 Å². The Bertz CT molecular complexity index is 835. The molecule has 0 fully saturated rings. The topological polar surface area (TPSA) is 48.7 Å². The molecule has 130 valence electrons. The Hall–Kier alpha value is -2.59. The predicted octanol–water partition coefficient (Wildman–Crippen LogP) is 4.50. The minimum absolute atomic E-state index is 0.221. The number of esters is 1. The van der Waals surface area contributed by atoms with Gasteiger partial charge in [0.15, 0.2) is 0 Å². The maximum Gasteiger partial charge on any atom is 0.308 e. The van der Waals surface area contributed by atoms with E-state index in [0.29, 0.717) is 19.6 Å². The summed E-state index contributed by atoms with van der Waals surface area (Å²) < 4.78 is 16.7. The van der Waals surface area contributed by atoms with Crippen molar-refractivity contribution in [1.29, 1.82) is 0 Å². The Kier molecular flexibility index (Phi) is 5.51. The normalized spacial score (nSPS) is 12.2. The maximum atomic E-state index is 11.8. The van der Waals surface area contributed by atoms with E-state index in [1.807, 2.05) is 61.5 Å². The van der Waals surface area contributed by atoms with E-state index < -0.39 is 0 Å². The SMILES string of the molecule is COC(=O)C(C)Cc1c(COCc2ccccc2)oc2ccccc12. The number of carbonyl (C=O) groups is 1. The zero-order chi connectivity index (χ0) is 17.6. The first-order valence-corrected chi connectivity index (χ1v) is 8.38. The van der Waals surface area contributed by atoms with E-state index in [0.717, 1.165) is 27.9 Å². The monoisotopic (exact) mass is 338 g/mol. The molecule has 25 heavy (non-hydrogen) atoms. The molecule has 0 amide bonds. The number of rotatable bonds is 7. The minimum Gasteiger partial charge on any atom is -0.469 e. The van der Waals surface area contributed by atoms with Crippen molar-refractivity contribution in [3.63, 3.8) is 0 Å². The van der Waals surface area contributed by atoms with Gasteiger partial charge in [-0.25, -0.2) is 0 Å². The molecule has 4 heteroatoms. The maximum absolute atomic E-state index is 11.8. The minimum atomic E-state index is -0.237. The van der Waals surface area contributed by atoms with Crippen LogP contribution in [0.25, 0.3) is 11.0 Å². The van der Waals surface area contributed by atoms with Crippen LogP contribution in [0.15, 0.2) is 59.0 Å². The van der Waals surface area contributed by atoms with E-state index in [1.54, 1.807) is 0 Å². The molecule has 3 aromatic rings. The number of ether oxygens (including phenoxy) is 2. The standard InChI is InChI=1S/C21H22O4/c1-15(21(22)23-2)12-18-17-10-6-7-11-19(17)25-20(18)14-24-13-16-8-4-3-5-9-16/h3-11,15H,12-14H2,1-2H3. The summed E-state index contributed by atoms with van der Waals surface area (Å²) in [5.41, 5.74) is 2.94. The molecule has 1 aromatic heterocycles. The van der Waals surface area contributed by atoms with Crippen molar-refractivity contribution in [1.82, 2.24) is 0 Å². The largest absolute Gasteiger partial charge is 0.469 e. The van der Waals surface area contributed by atoms with Gasteiger partial charge in [-0.05, 0) is 18.1 Å². The molecule has 0 spiro atoms. The molecule has 1 atom stereocenters. The molecular formula is C21H22O4. The molecule has 4 nitrogen and oxygen atoms in total. The quantitative estimate of drug-likeness (QED) is 0.595. The molecule has 0 aliphatic heterocycles. The number of furan rings is 1. The van der Waals surface area contributed by atoms with Gasteiger partial charge in [-0.2, -0.15) is 0 Å². The molecule has 0 aliphatic rings. The molecule has 0 radical (unpaired) electrons. The highest BCUT2D eigenvalue weighted by atomic mass is 16.5. The van der Waals surface area contributed by atoms with Gasteiger partial charge in [0.2, 0.25) is 0 Å². The lowest BCUT2D eigenvalue weighted by atomic mass is 9.98. The van der Waals surface area contributed by atoms with Crippen molar-refractivity contribution in [2.75, 3.05) is 7.11 Å². The van der Waals surface area contributed by atoms with Crippen molar-refractivity contribution in [3.8, 4) is 0 Å². The average Bonchev–Trinajstić information content (AvgIpc) is 2.99. The molecular weight excluding hydrogens is 316 g/mol. The Morgan fingerprint density at radius 1 is 1.04 bits per heavy atom. The zero-order valence-corrected chi connectivity index (χ0v) is 14.5. The summed E-state index contributed by atoms with van der Waals surface area (Å²) in [7, 11) is 1.41. The summed E-state index contributed by atoms with van der Waals surface area (Å²) in [6, 6.07) is 17.9. The fourth-order valence-corrected chi connectivity index (χ4v) is 2.92. The summed E-state index contributed by atoms with van der Waals surface area (Å²) in [5.74, 6) is 0.313. The molecule has 0 saturated heterocycles. The van der Waals surface area contributed by atoms with Gasteiger partial charge in [-0.15, -0.1) is 0 Å². The highest BCUT2D eigenvalue weighted by molar-refractivity contribution is 5.83. The van der Waals surface area contributed by atoms with E-state index >= 15 is 0 Å². The van der Waals surface area contributed by atoms with Crippen LogP contribution in [0.1, 0.15) is 23.8 Å². The van der Waals surface area contributed by atoms with Gasteiger partial charge in [-0.3, -0.25) is 4.79 Å². The summed E-state index contributed by atoms with van der Waals surface area (Å²) in [6.07, 6.45) is 0.563. The van der Waals surface area contributed by atoms with E-state index in [4.69, 9.17) is 13.9 Å². The fourth-order valence-electron chi connectivity index (χ4n) is 2.92. The van der Waals surface area contributed by atoms with E-state index in [2.05, 4.69) is 0 Å². The number of benzene rings is 2. The summed E-state index contributed by atoms with van der Waals surface area (Å²) >= 11 is 0. The first kappa shape index (κ1) is 17.2. The molecule has 0 saturated carbocycles. The van der Waals surface area contributed by atoms with Crippen molar-refractivity contribution in [2.24, 2.45) is 5.92 Å². The third-order valence-electron chi connectivity index (χ3n) is 4.24. The van der Waals surface area contributed by atoms with Gasteiger partial charge in [-0.1, -0.05) is 55.5 Å². The molecule has 0 bridgehead atoms.